The van der Waals surface area contributed by atoms with Crippen LogP contribution in [-0.4, -0.2) is 36.1 Å². The predicted octanol–water partition coefficient (Wildman–Crippen LogP) is 4.85. The molecule has 0 spiro atoms. The average molecular weight is 516 g/mol. The maximum atomic E-state index is 14.6. The van der Waals surface area contributed by atoms with Crippen molar-refractivity contribution in [2.24, 2.45) is 18.9 Å². The zero-order chi connectivity index (χ0) is 26.4. The van der Waals surface area contributed by atoms with Crippen LogP contribution in [0.15, 0.2) is 49.1 Å². The van der Waals surface area contributed by atoms with Crippen LogP contribution >= 0.6 is 0 Å². The van der Waals surface area contributed by atoms with E-state index in [1.165, 1.54) is 23.7 Å². The first-order valence-corrected chi connectivity index (χ1v) is 13.5. The van der Waals surface area contributed by atoms with Crippen LogP contribution in [0.4, 0.5) is 10.1 Å². The van der Waals surface area contributed by atoms with E-state index in [9.17, 15) is 9.18 Å². The molecule has 1 atom stereocenters. The number of fused-ring (bicyclic) bond motifs is 1. The molecule has 1 amide bonds. The molecule has 2 aliphatic rings. The molecule has 2 N–H and O–H groups in total. The number of nitrogens with zero attached hydrogens (tertiary/aromatic N) is 5. The molecule has 3 aromatic heterocycles. The van der Waals surface area contributed by atoms with Crippen LogP contribution in [-0.2, 0) is 19.0 Å². The van der Waals surface area contributed by atoms with Gasteiger partial charge in [0.2, 0.25) is 5.95 Å². The molecule has 3 heterocycles. The van der Waals surface area contributed by atoms with E-state index in [0.29, 0.717) is 41.3 Å². The van der Waals surface area contributed by atoms with Gasteiger partial charge in [0.1, 0.15) is 12.2 Å². The van der Waals surface area contributed by atoms with E-state index in [4.69, 9.17) is 0 Å². The number of hydrogen-bond donors (Lipinski definition) is 2. The van der Waals surface area contributed by atoms with Crippen molar-refractivity contribution in [3.05, 3.63) is 77.5 Å². The Balaban J connectivity index is 1.27. The Morgan fingerprint density at radius 3 is 2.76 bits per heavy atom. The molecule has 0 aliphatic heterocycles. The van der Waals surface area contributed by atoms with E-state index in [1.54, 1.807) is 12.5 Å². The standard InChI is InChI=1S/C29H34FN7O/c1-18-12-29(13-18,28-35-33-17-36(28)3)22-8-5-9-23(11-22)34-27(38)24-10-20(14-31-19(2)21-6-4-7-21)16-37-25(30)15-32-26(24)37/h5,8-11,15-19,21,31H,4,6-7,12-14H2,1-3H3,(H,34,38)/t18?,19-,29?/m0/s1. The summed E-state index contributed by atoms with van der Waals surface area (Å²) in [6, 6.07) is 10.1. The number of hydrogen-bond acceptors (Lipinski definition) is 5. The third kappa shape index (κ3) is 4.28. The number of nitrogens with one attached hydrogen (secondary N) is 2. The third-order valence-electron chi connectivity index (χ3n) is 8.55. The van der Waals surface area contributed by atoms with Gasteiger partial charge in [0, 0.05) is 31.5 Å². The fourth-order valence-corrected chi connectivity index (χ4v) is 6.25. The molecule has 4 aromatic rings. The molecule has 0 radical (unpaired) electrons. The molecule has 0 saturated heterocycles. The first-order chi connectivity index (χ1) is 18.3. The van der Waals surface area contributed by atoms with Crippen LogP contribution < -0.4 is 10.6 Å². The SMILES string of the molecule is CC1CC(c2cccc(NC(=O)c3cc(CN[C@@H](C)C4CCC4)cn4c(F)cnc34)c2)(c2nncn2C)C1. The molecular formula is C29H34FN7O. The number of rotatable bonds is 8. The van der Waals surface area contributed by atoms with Gasteiger partial charge in [0.05, 0.1) is 17.2 Å². The maximum Gasteiger partial charge on any atom is 0.259 e. The van der Waals surface area contributed by atoms with Gasteiger partial charge in [-0.15, -0.1) is 10.2 Å². The Bertz CT molecular complexity index is 1480. The lowest BCUT2D eigenvalue weighted by atomic mass is 9.58. The normalized spacial score (nSPS) is 22.2. The number of aryl methyl sites for hydroxylation is 1. The van der Waals surface area contributed by atoms with Crippen molar-refractivity contribution in [1.29, 1.82) is 0 Å². The summed E-state index contributed by atoms with van der Waals surface area (Å²) in [6.45, 7) is 4.99. The van der Waals surface area contributed by atoms with Crippen molar-refractivity contribution >= 4 is 17.2 Å². The van der Waals surface area contributed by atoms with E-state index < -0.39 is 5.95 Å². The third-order valence-corrected chi connectivity index (χ3v) is 8.55. The van der Waals surface area contributed by atoms with Gasteiger partial charge in [-0.25, -0.2) is 4.98 Å². The van der Waals surface area contributed by atoms with Crippen molar-refractivity contribution in [2.75, 3.05) is 5.32 Å². The topological polar surface area (TPSA) is 89.1 Å². The van der Waals surface area contributed by atoms with Gasteiger partial charge in [-0.3, -0.25) is 9.20 Å². The lowest BCUT2D eigenvalue weighted by Crippen LogP contribution is -2.43. The fourth-order valence-electron chi connectivity index (χ4n) is 6.25. The summed E-state index contributed by atoms with van der Waals surface area (Å²) in [5, 5.41) is 15.1. The Morgan fingerprint density at radius 2 is 2.08 bits per heavy atom. The van der Waals surface area contributed by atoms with Crippen LogP contribution in [0.1, 0.15) is 73.3 Å². The van der Waals surface area contributed by atoms with Crippen molar-refractivity contribution in [2.45, 2.75) is 64.0 Å². The van der Waals surface area contributed by atoms with Gasteiger partial charge in [-0.1, -0.05) is 25.5 Å². The van der Waals surface area contributed by atoms with Gasteiger partial charge in [-0.2, -0.15) is 4.39 Å². The summed E-state index contributed by atoms with van der Waals surface area (Å²) < 4.78 is 17.9. The zero-order valence-corrected chi connectivity index (χ0v) is 22.1. The number of carbonyl (C=O) groups excluding carboxylic acids is 1. The number of pyridine rings is 1. The number of carbonyl (C=O) groups is 1. The Hall–Kier alpha value is -3.59. The van der Waals surface area contributed by atoms with E-state index in [2.05, 4.69) is 45.7 Å². The van der Waals surface area contributed by atoms with Crippen LogP contribution in [0.5, 0.6) is 0 Å². The van der Waals surface area contributed by atoms with Gasteiger partial charge < -0.3 is 15.2 Å². The molecule has 8 nitrogen and oxygen atoms in total. The molecule has 2 fully saturated rings. The lowest BCUT2D eigenvalue weighted by molar-refractivity contribution is 0.102. The van der Waals surface area contributed by atoms with E-state index >= 15 is 0 Å². The molecule has 1 aromatic carbocycles. The van der Waals surface area contributed by atoms with Crippen LogP contribution in [0, 0.1) is 17.8 Å². The summed E-state index contributed by atoms with van der Waals surface area (Å²) in [6.07, 6.45) is 10.3. The average Bonchev–Trinajstić information content (AvgIpc) is 3.44. The Labute approximate surface area is 221 Å². The van der Waals surface area contributed by atoms with Crippen LogP contribution in [0.2, 0.25) is 0 Å². The molecule has 0 unspecified atom stereocenters. The van der Waals surface area contributed by atoms with Crippen LogP contribution in [0.3, 0.4) is 0 Å². The Morgan fingerprint density at radius 1 is 1.26 bits per heavy atom. The quantitative estimate of drug-likeness (QED) is 0.350. The van der Waals surface area contributed by atoms with E-state index in [1.807, 2.05) is 35.9 Å². The second-order valence-corrected chi connectivity index (χ2v) is 11.3. The molecule has 38 heavy (non-hydrogen) atoms. The minimum atomic E-state index is -0.491. The highest BCUT2D eigenvalue weighted by atomic mass is 19.1. The minimum Gasteiger partial charge on any atom is -0.322 e. The molecule has 6 rings (SSSR count). The molecule has 2 saturated carbocycles. The first-order valence-electron chi connectivity index (χ1n) is 13.5. The second kappa shape index (κ2) is 9.62. The smallest absolute Gasteiger partial charge is 0.259 e. The zero-order valence-electron chi connectivity index (χ0n) is 22.1. The number of imidazole rings is 1. The van der Waals surface area contributed by atoms with Crippen LogP contribution in [0.25, 0.3) is 5.65 Å². The monoisotopic (exact) mass is 515 g/mol. The molecule has 2 aliphatic carbocycles. The number of aromatic nitrogens is 5. The van der Waals surface area contributed by atoms with Gasteiger partial charge >= 0.3 is 0 Å². The molecule has 0 bridgehead atoms. The van der Waals surface area contributed by atoms with Crippen molar-refractivity contribution in [3.63, 3.8) is 0 Å². The number of anilines is 1. The highest BCUT2D eigenvalue weighted by Crippen LogP contribution is 2.51. The largest absolute Gasteiger partial charge is 0.322 e. The summed E-state index contributed by atoms with van der Waals surface area (Å²) in [7, 11) is 1.97. The number of halogens is 1. The van der Waals surface area contributed by atoms with Crippen molar-refractivity contribution in [1.82, 2.24) is 29.5 Å². The van der Waals surface area contributed by atoms with E-state index in [-0.39, 0.29) is 11.3 Å². The number of benzene rings is 1. The van der Waals surface area contributed by atoms with E-state index in [0.717, 1.165) is 36.0 Å². The Kier molecular flexibility index (Phi) is 6.26. The molecular weight excluding hydrogens is 481 g/mol. The molecule has 198 valence electrons. The summed E-state index contributed by atoms with van der Waals surface area (Å²) in [4.78, 5) is 17.7. The second-order valence-electron chi connectivity index (χ2n) is 11.3. The summed E-state index contributed by atoms with van der Waals surface area (Å²) >= 11 is 0. The summed E-state index contributed by atoms with van der Waals surface area (Å²) in [5.41, 5.74) is 3.04. The van der Waals surface area contributed by atoms with Crippen molar-refractivity contribution < 1.29 is 9.18 Å². The maximum absolute atomic E-state index is 14.6. The van der Waals surface area contributed by atoms with Crippen molar-refractivity contribution in [3.8, 4) is 0 Å². The fraction of sp³-hybridized carbons (Fsp3) is 0.448. The minimum absolute atomic E-state index is 0.229. The first kappa shape index (κ1) is 24.7. The van der Waals surface area contributed by atoms with Gasteiger partial charge in [0.15, 0.2) is 5.65 Å². The highest BCUT2D eigenvalue weighted by molar-refractivity contribution is 6.08. The predicted molar refractivity (Wildman–Crippen MR) is 143 cm³/mol. The van der Waals surface area contributed by atoms with Gasteiger partial charge in [-0.05, 0) is 73.8 Å². The summed E-state index contributed by atoms with van der Waals surface area (Å²) in [5.74, 6) is 1.39. The number of amides is 1. The highest BCUT2D eigenvalue weighted by Gasteiger charge is 2.48. The lowest BCUT2D eigenvalue weighted by Gasteiger charge is -2.46. The molecule has 9 heteroatoms. The van der Waals surface area contributed by atoms with Gasteiger partial charge in [0.25, 0.3) is 5.91 Å².